The summed E-state index contributed by atoms with van der Waals surface area (Å²) in [5.74, 6) is -1.23. The molecule has 1 unspecified atom stereocenters. The molecule has 0 aliphatic carbocycles. The lowest BCUT2D eigenvalue weighted by atomic mass is 10.1. The fourth-order valence-electron chi connectivity index (χ4n) is 1.11. The van der Waals surface area contributed by atoms with Crippen molar-refractivity contribution in [3.05, 3.63) is 34.3 Å². The number of carbonyl (C=O) groups is 1. The Morgan fingerprint density at radius 1 is 1.57 bits per heavy atom. The van der Waals surface area contributed by atoms with Crippen LogP contribution in [0.1, 0.15) is 11.1 Å². The van der Waals surface area contributed by atoms with Crippen molar-refractivity contribution in [1.82, 2.24) is 0 Å². The van der Waals surface area contributed by atoms with Crippen molar-refractivity contribution in [3.63, 3.8) is 0 Å². The minimum atomic E-state index is -1.39. The topological polar surface area (TPSA) is 57.5 Å². The maximum absolute atomic E-state index is 10.4. The van der Waals surface area contributed by atoms with E-state index in [0.717, 1.165) is 5.56 Å². The molecule has 0 spiro atoms. The normalized spacial score (nSPS) is 12.5. The number of aliphatic hydroxyl groups excluding tert-OH is 1. The minimum absolute atomic E-state index is 0.0362. The number of aliphatic hydroxyl groups is 1. The molecular formula is C10H11ClO3. The zero-order valence-electron chi connectivity index (χ0n) is 7.70. The van der Waals surface area contributed by atoms with Gasteiger partial charge < -0.3 is 10.2 Å². The van der Waals surface area contributed by atoms with Crippen LogP contribution in [0.3, 0.4) is 0 Å². The van der Waals surface area contributed by atoms with Gasteiger partial charge in [-0.2, -0.15) is 0 Å². The van der Waals surface area contributed by atoms with Gasteiger partial charge in [0.1, 0.15) is 0 Å². The predicted octanol–water partition coefficient (Wildman–Crippen LogP) is 1.64. The van der Waals surface area contributed by atoms with E-state index < -0.39 is 12.1 Å². The quantitative estimate of drug-likeness (QED) is 0.804. The molecule has 76 valence electrons. The van der Waals surface area contributed by atoms with Gasteiger partial charge in [-0.3, -0.25) is 0 Å². The molecule has 0 aliphatic heterocycles. The van der Waals surface area contributed by atoms with E-state index in [9.17, 15) is 4.79 Å². The zero-order valence-corrected chi connectivity index (χ0v) is 8.45. The van der Waals surface area contributed by atoms with Crippen molar-refractivity contribution in [2.75, 3.05) is 0 Å². The summed E-state index contributed by atoms with van der Waals surface area (Å²) in [6.45, 7) is 1.89. The summed E-state index contributed by atoms with van der Waals surface area (Å²) in [6.07, 6.45) is -1.36. The Kier molecular flexibility index (Phi) is 3.49. The average molecular weight is 215 g/mol. The van der Waals surface area contributed by atoms with Gasteiger partial charge in [0.2, 0.25) is 0 Å². The van der Waals surface area contributed by atoms with Crippen LogP contribution in [0, 0.1) is 6.92 Å². The predicted molar refractivity (Wildman–Crippen MR) is 53.5 cm³/mol. The van der Waals surface area contributed by atoms with Gasteiger partial charge in [-0.15, -0.1) is 0 Å². The van der Waals surface area contributed by atoms with Crippen molar-refractivity contribution in [2.24, 2.45) is 0 Å². The molecule has 14 heavy (non-hydrogen) atoms. The Morgan fingerprint density at radius 3 is 2.71 bits per heavy atom. The molecule has 0 bridgehead atoms. The molecule has 0 saturated heterocycles. The SMILES string of the molecule is Cc1ccc(CC(O)C(=O)O)c(Cl)c1. The monoisotopic (exact) mass is 214 g/mol. The van der Waals surface area contributed by atoms with Crippen molar-refractivity contribution in [1.29, 1.82) is 0 Å². The number of benzene rings is 1. The van der Waals surface area contributed by atoms with Gasteiger partial charge in [-0.1, -0.05) is 23.7 Å². The molecular weight excluding hydrogens is 204 g/mol. The number of aryl methyl sites for hydroxylation is 1. The van der Waals surface area contributed by atoms with Gasteiger partial charge in [-0.05, 0) is 24.1 Å². The van der Waals surface area contributed by atoms with E-state index in [0.29, 0.717) is 10.6 Å². The number of aliphatic carboxylic acids is 1. The highest BCUT2D eigenvalue weighted by atomic mass is 35.5. The standard InChI is InChI=1S/C10H11ClO3/c1-6-2-3-7(8(11)4-6)5-9(12)10(13)14/h2-4,9,12H,5H2,1H3,(H,13,14). The van der Waals surface area contributed by atoms with Crippen LogP contribution in [0.15, 0.2) is 18.2 Å². The average Bonchev–Trinajstić information content (AvgIpc) is 2.09. The number of carboxylic acids is 1. The van der Waals surface area contributed by atoms with Crippen LogP contribution >= 0.6 is 11.6 Å². The molecule has 0 aromatic heterocycles. The van der Waals surface area contributed by atoms with E-state index in [1.165, 1.54) is 0 Å². The summed E-state index contributed by atoms with van der Waals surface area (Å²) < 4.78 is 0. The Bertz CT molecular complexity index is 349. The number of hydrogen-bond acceptors (Lipinski definition) is 2. The lowest BCUT2D eigenvalue weighted by molar-refractivity contribution is -0.146. The highest BCUT2D eigenvalue weighted by Crippen LogP contribution is 2.19. The Hall–Kier alpha value is -1.06. The van der Waals surface area contributed by atoms with Gasteiger partial charge >= 0.3 is 5.97 Å². The Labute approximate surface area is 86.9 Å². The lowest BCUT2D eigenvalue weighted by Crippen LogP contribution is -2.22. The Morgan fingerprint density at radius 2 is 2.21 bits per heavy atom. The van der Waals surface area contributed by atoms with Crippen molar-refractivity contribution < 1.29 is 15.0 Å². The second-order valence-electron chi connectivity index (χ2n) is 3.15. The molecule has 0 fully saturated rings. The van der Waals surface area contributed by atoms with E-state index >= 15 is 0 Å². The third-order valence-corrected chi connectivity index (χ3v) is 2.26. The molecule has 3 nitrogen and oxygen atoms in total. The first-order valence-corrected chi connectivity index (χ1v) is 4.54. The molecule has 0 aliphatic rings. The molecule has 1 aromatic carbocycles. The summed E-state index contributed by atoms with van der Waals surface area (Å²) in [4.78, 5) is 10.4. The molecule has 0 heterocycles. The fourth-order valence-corrected chi connectivity index (χ4v) is 1.43. The largest absolute Gasteiger partial charge is 0.479 e. The first-order valence-electron chi connectivity index (χ1n) is 4.16. The second kappa shape index (κ2) is 4.44. The van der Waals surface area contributed by atoms with Crippen molar-refractivity contribution in [2.45, 2.75) is 19.4 Å². The maximum atomic E-state index is 10.4. The molecule has 0 saturated carbocycles. The summed E-state index contributed by atoms with van der Waals surface area (Å²) in [7, 11) is 0. The number of rotatable bonds is 3. The molecule has 2 N–H and O–H groups in total. The molecule has 0 radical (unpaired) electrons. The number of halogens is 1. The van der Waals surface area contributed by atoms with Crippen LogP contribution in [-0.4, -0.2) is 22.3 Å². The third-order valence-electron chi connectivity index (χ3n) is 1.91. The van der Waals surface area contributed by atoms with E-state index in [1.807, 2.05) is 13.0 Å². The molecule has 1 atom stereocenters. The van der Waals surface area contributed by atoms with Gasteiger partial charge in [-0.25, -0.2) is 4.79 Å². The van der Waals surface area contributed by atoms with Crippen LogP contribution in [0.4, 0.5) is 0 Å². The summed E-state index contributed by atoms with van der Waals surface area (Å²) in [6, 6.07) is 5.30. The third kappa shape index (κ3) is 2.72. The van der Waals surface area contributed by atoms with Gasteiger partial charge in [0.05, 0.1) is 0 Å². The van der Waals surface area contributed by atoms with Gasteiger partial charge in [0.15, 0.2) is 6.10 Å². The van der Waals surface area contributed by atoms with Crippen LogP contribution in [0.2, 0.25) is 5.02 Å². The Balaban J connectivity index is 2.82. The zero-order chi connectivity index (χ0) is 10.7. The summed E-state index contributed by atoms with van der Waals surface area (Å²) in [5, 5.41) is 18.1. The fraction of sp³-hybridized carbons (Fsp3) is 0.300. The first kappa shape index (κ1) is 11.0. The summed E-state index contributed by atoms with van der Waals surface area (Å²) >= 11 is 5.87. The number of hydrogen-bond donors (Lipinski definition) is 2. The molecule has 4 heteroatoms. The van der Waals surface area contributed by atoms with Gasteiger partial charge in [0, 0.05) is 11.4 Å². The highest BCUT2D eigenvalue weighted by molar-refractivity contribution is 6.31. The molecule has 1 rings (SSSR count). The van der Waals surface area contributed by atoms with E-state index in [2.05, 4.69) is 0 Å². The van der Waals surface area contributed by atoms with E-state index in [1.54, 1.807) is 12.1 Å². The van der Waals surface area contributed by atoms with Crippen LogP contribution in [0.25, 0.3) is 0 Å². The van der Waals surface area contributed by atoms with Gasteiger partial charge in [0.25, 0.3) is 0 Å². The molecule has 0 amide bonds. The maximum Gasteiger partial charge on any atom is 0.332 e. The second-order valence-corrected chi connectivity index (χ2v) is 3.56. The van der Waals surface area contributed by atoms with E-state index in [4.69, 9.17) is 21.8 Å². The highest BCUT2D eigenvalue weighted by Gasteiger charge is 2.15. The molecule has 1 aromatic rings. The van der Waals surface area contributed by atoms with Crippen LogP contribution in [-0.2, 0) is 11.2 Å². The van der Waals surface area contributed by atoms with Crippen LogP contribution < -0.4 is 0 Å². The van der Waals surface area contributed by atoms with Crippen molar-refractivity contribution >= 4 is 17.6 Å². The first-order chi connectivity index (χ1) is 6.50. The lowest BCUT2D eigenvalue weighted by Gasteiger charge is -2.07. The van der Waals surface area contributed by atoms with Crippen molar-refractivity contribution in [3.8, 4) is 0 Å². The van der Waals surface area contributed by atoms with Crippen LogP contribution in [0.5, 0.6) is 0 Å². The summed E-state index contributed by atoms with van der Waals surface area (Å²) in [5.41, 5.74) is 1.65. The smallest absolute Gasteiger partial charge is 0.332 e. The minimum Gasteiger partial charge on any atom is -0.479 e. The number of carboxylic acid groups (broad SMARTS) is 1. The van der Waals surface area contributed by atoms with E-state index in [-0.39, 0.29) is 6.42 Å².